The Hall–Kier alpha value is -2.86. The van der Waals surface area contributed by atoms with E-state index in [0.29, 0.717) is 17.2 Å². The smallest absolute Gasteiger partial charge is 0.259 e. The van der Waals surface area contributed by atoms with Crippen LogP contribution >= 0.6 is 11.6 Å². The lowest BCUT2D eigenvalue weighted by atomic mass is 10.2. The van der Waals surface area contributed by atoms with E-state index in [0.717, 1.165) is 11.3 Å². The molecule has 6 nitrogen and oxygen atoms in total. The van der Waals surface area contributed by atoms with Gasteiger partial charge in [0.05, 0.1) is 19.4 Å². The highest BCUT2D eigenvalue weighted by molar-refractivity contribution is 6.30. The number of nitrogens with one attached hydrogen (secondary N) is 2. The van der Waals surface area contributed by atoms with Crippen LogP contribution in [0.4, 0.5) is 0 Å². The number of halogens is 1. The van der Waals surface area contributed by atoms with Gasteiger partial charge in [0.25, 0.3) is 11.8 Å². The first kappa shape index (κ1) is 18.5. The van der Waals surface area contributed by atoms with Crippen LogP contribution in [0.25, 0.3) is 0 Å². The second-order valence-corrected chi connectivity index (χ2v) is 5.42. The molecule has 0 bridgehead atoms. The van der Waals surface area contributed by atoms with Crippen molar-refractivity contribution in [2.45, 2.75) is 6.92 Å². The van der Waals surface area contributed by atoms with E-state index in [4.69, 9.17) is 16.3 Å². The summed E-state index contributed by atoms with van der Waals surface area (Å²) in [5, 5.41) is 6.80. The van der Waals surface area contributed by atoms with Crippen molar-refractivity contribution in [2.75, 3.05) is 13.2 Å². The van der Waals surface area contributed by atoms with Crippen molar-refractivity contribution in [1.29, 1.82) is 0 Å². The Labute approximate surface area is 150 Å². The van der Waals surface area contributed by atoms with Gasteiger partial charge in [0.2, 0.25) is 0 Å². The van der Waals surface area contributed by atoms with E-state index in [1.165, 1.54) is 12.3 Å². The standard InChI is InChI=1S/C18H18ClN3O3/c1-2-25-16-8-6-13(7-9-16)11-21-22-17(23)12-20-18(24)14-4-3-5-15(19)10-14/h3-11H,2,12H2,1H3,(H,20,24)(H,22,23). The first-order valence-corrected chi connectivity index (χ1v) is 8.05. The largest absolute Gasteiger partial charge is 0.494 e. The summed E-state index contributed by atoms with van der Waals surface area (Å²) in [4.78, 5) is 23.6. The molecule has 0 unspecified atom stereocenters. The van der Waals surface area contributed by atoms with Crippen LogP contribution < -0.4 is 15.5 Å². The van der Waals surface area contributed by atoms with Crippen LogP contribution in [-0.2, 0) is 4.79 Å². The number of nitrogens with zero attached hydrogens (tertiary/aromatic N) is 1. The molecule has 0 saturated carbocycles. The van der Waals surface area contributed by atoms with Crippen molar-refractivity contribution in [3.05, 3.63) is 64.7 Å². The summed E-state index contributed by atoms with van der Waals surface area (Å²) in [6.07, 6.45) is 1.51. The van der Waals surface area contributed by atoms with Gasteiger partial charge in [0.15, 0.2) is 0 Å². The maximum atomic E-state index is 11.9. The van der Waals surface area contributed by atoms with Gasteiger partial charge in [-0.15, -0.1) is 0 Å². The maximum absolute atomic E-state index is 11.9. The quantitative estimate of drug-likeness (QED) is 0.589. The molecule has 0 aliphatic carbocycles. The number of rotatable bonds is 7. The first-order chi connectivity index (χ1) is 12.1. The van der Waals surface area contributed by atoms with Gasteiger partial charge in [-0.2, -0.15) is 5.10 Å². The Morgan fingerprint density at radius 3 is 2.64 bits per heavy atom. The van der Waals surface area contributed by atoms with Gasteiger partial charge in [-0.3, -0.25) is 9.59 Å². The molecule has 2 aromatic carbocycles. The molecule has 130 valence electrons. The Balaban J connectivity index is 1.77. The zero-order chi connectivity index (χ0) is 18.1. The number of hydrogen-bond donors (Lipinski definition) is 2. The normalized spacial score (nSPS) is 10.5. The number of benzene rings is 2. The molecule has 0 aliphatic heterocycles. The molecule has 0 radical (unpaired) electrons. The van der Waals surface area contributed by atoms with Crippen LogP contribution in [0, 0.1) is 0 Å². The zero-order valence-electron chi connectivity index (χ0n) is 13.7. The molecule has 2 aromatic rings. The van der Waals surface area contributed by atoms with E-state index in [9.17, 15) is 9.59 Å². The van der Waals surface area contributed by atoms with E-state index in [2.05, 4.69) is 15.8 Å². The Morgan fingerprint density at radius 2 is 1.96 bits per heavy atom. The zero-order valence-corrected chi connectivity index (χ0v) is 14.4. The highest BCUT2D eigenvalue weighted by Gasteiger charge is 2.07. The Bertz CT molecular complexity index is 760. The number of carbonyl (C=O) groups excluding carboxylic acids is 2. The van der Waals surface area contributed by atoms with E-state index < -0.39 is 5.91 Å². The second kappa shape index (κ2) is 9.44. The lowest BCUT2D eigenvalue weighted by Crippen LogP contribution is -2.34. The third-order valence-electron chi connectivity index (χ3n) is 3.09. The average molecular weight is 360 g/mol. The van der Waals surface area contributed by atoms with Crippen molar-refractivity contribution in [2.24, 2.45) is 5.10 Å². The van der Waals surface area contributed by atoms with E-state index >= 15 is 0 Å². The highest BCUT2D eigenvalue weighted by Crippen LogP contribution is 2.11. The number of hydrogen-bond acceptors (Lipinski definition) is 4. The van der Waals surface area contributed by atoms with Crippen molar-refractivity contribution in [3.8, 4) is 5.75 Å². The van der Waals surface area contributed by atoms with Crippen LogP contribution in [-0.4, -0.2) is 31.2 Å². The molecule has 2 amide bonds. The maximum Gasteiger partial charge on any atom is 0.259 e. The third-order valence-corrected chi connectivity index (χ3v) is 3.33. The molecule has 0 atom stereocenters. The average Bonchev–Trinajstić information content (AvgIpc) is 2.61. The first-order valence-electron chi connectivity index (χ1n) is 7.67. The SMILES string of the molecule is CCOc1ccc(C=NNC(=O)CNC(=O)c2cccc(Cl)c2)cc1. The molecule has 0 spiro atoms. The number of hydrazone groups is 1. The summed E-state index contributed by atoms with van der Waals surface area (Å²) in [5.74, 6) is -0.0434. The predicted octanol–water partition coefficient (Wildman–Crippen LogP) is 2.62. The molecule has 25 heavy (non-hydrogen) atoms. The van der Waals surface area contributed by atoms with Gasteiger partial charge in [-0.25, -0.2) is 5.43 Å². The minimum atomic E-state index is -0.433. The summed E-state index contributed by atoms with van der Waals surface area (Å²) in [6, 6.07) is 13.8. The number of ether oxygens (including phenoxy) is 1. The van der Waals surface area contributed by atoms with Crippen LogP contribution in [0.2, 0.25) is 5.02 Å². The van der Waals surface area contributed by atoms with Gasteiger partial charge >= 0.3 is 0 Å². The van der Waals surface area contributed by atoms with Gasteiger partial charge in [0, 0.05) is 10.6 Å². The second-order valence-electron chi connectivity index (χ2n) is 4.99. The van der Waals surface area contributed by atoms with E-state index in [-0.39, 0.29) is 12.5 Å². The molecule has 7 heteroatoms. The lowest BCUT2D eigenvalue weighted by molar-refractivity contribution is -0.120. The summed E-state index contributed by atoms with van der Waals surface area (Å²) in [5.41, 5.74) is 3.55. The van der Waals surface area contributed by atoms with Crippen LogP contribution in [0.15, 0.2) is 53.6 Å². The summed E-state index contributed by atoms with van der Waals surface area (Å²) in [7, 11) is 0. The van der Waals surface area contributed by atoms with E-state index in [1.807, 2.05) is 31.2 Å². The summed E-state index contributed by atoms with van der Waals surface area (Å²) in [6.45, 7) is 2.33. The fourth-order valence-electron chi connectivity index (χ4n) is 1.93. The third kappa shape index (κ3) is 6.27. The highest BCUT2D eigenvalue weighted by atomic mass is 35.5. The molecule has 0 heterocycles. The molecule has 0 aromatic heterocycles. The van der Waals surface area contributed by atoms with Crippen LogP contribution in [0.5, 0.6) is 5.75 Å². The van der Waals surface area contributed by atoms with Crippen molar-refractivity contribution in [1.82, 2.24) is 10.7 Å². The molecule has 0 aliphatic rings. The minimum absolute atomic E-state index is 0.189. The van der Waals surface area contributed by atoms with Crippen LogP contribution in [0.3, 0.4) is 0 Å². The fourth-order valence-corrected chi connectivity index (χ4v) is 2.12. The fraction of sp³-hybridized carbons (Fsp3) is 0.167. The summed E-state index contributed by atoms with van der Waals surface area (Å²) >= 11 is 5.82. The number of amides is 2. The monoisotopic (exact) mass is 359 g/mol. The Morgan fingerprint density at radius 1 is 1.20 bits per heavy atom. The molecule has 2 N–H and O–H groups in total. The van der Waals surface area contributed by atoms with Crippen LogP contribution in [0.1, 0.15) is 22.8 Å². The lowest BCUT2D eigenvalue weighted by Gasteiger charge is -2.04. The number of carbonyl (C=O) groups is 2. The molecule has 2 rings (SSSR count). The van der Waals surface area contributed by atoms with Crippen molar-refractivity contribution < 1.29 is 14.3 Å². The van der Waals surface area contributed by atoms with E-state index in [1.54, 1.807) is 18.2 Å². The topological polar surface area (TPSA) is 79.8 Å². The van der Waals surface area contributed by atoms with Gasteiger partial charge in [-0.05, 0) is 55.0 Å². The van der Waals surface area contributed by atoms with Gasteiger partial charge in [0.1, 0.15) is 5.75 Å². The minimum Gasteiger partial charge on any atom is -0.494 e. The van der Waals surface area contributed by atoms with Crippen molar-refractivity contribution in [3.63, 3.8) is 0 Å². The Kier molecular flexibility index (Phi) is 6.98. The van der Waals surface area contributed by atoms with Gasteiger partial charge in [-0.1, -0.05) is 17.7 Å². The molecular weight excluding hydrogens is 342 g/mol. The summed E-state index contributed by atoms with van der Waals surface area (Å²) < 4.78 is 5.34. The molecular formula is C18H18ClN3O3. The van der Waals surface area contributed by atoms with Crippen molar-refractivity contribution >= 4 is 29.6 Å². The predicted molar refractivity (Wildman–Crippen MR) is 97.1 cm³/mol. The van der Waals surface area contributed by atoms with Gasteiger partial charge < -0.3 is 10.1 Å². The molecule has 0 saturated heterocycles. The molecule has 0 fully saturated rings.